The molecule has 1 fully saturated rings. The van der Waals surface area contributed by atoms with Gasteiger partial charge < -0.3 is 14.8 Å². The van der Waals surface area contributed by atoms with E-state index in [2.05, 4.69) is 10.3 Å². The first kappa shape index (κ1) is 14.7. The number of amides is 1. The van der Waals surface area contributed by atoms with Crippen LogP contribution in [0.1, 0.15) is 6.42 Å². The summed E-state index contributed by atoms with van der Waals surface area (Å²) in [6.07, 6.45) is 7.63. The van der Waals surface area contributed by atoms with Gasteiger partial charge in [0.15, 0.2) is 12.2 Å². The number of aliphatic carboxylic acids is 1. The van der Waals surface area contributed by atoms with E-state index in [9.17, 15) is 14.7 Å². The van der Waals surface area contributed by atoms with Crippen LogP contribution in [0, 0.1) is 23.7 Å². The highest BCUT2D eigenvalue weighted by Gasteiger charge is 2.51. The number of hydrogen-bond acceptors (Lipinski definition) is 4. The van der Waals surface area contributed by atoms with E-state index >= 15 is 0 Å². The van der Waals surface area contributed by atoms with Crippen LogP contribution in [0.3, 0.4) is 0 Å². The van der Waals surface area contributed by atoms with Crippen molar-refractivity contribution in [1.82, 2.24) is 4.98 Å². The zero-order valence-corrected chi connectivity index (χ0v) is 12.8. The number of anilines is 1. The zero-order valence-electron chi connectivity index (χ0n) is 12.8. The molecule has 1 heterocycles. The molecule has 6 heteroatoms. The standard InChI is InChI=1S/C18H16N2O4/c21-17(15-11-1-2-12(7-11)16(15)18(22)23)20-13-5-3-10(4-6-13)14-8-19-9-24-14/h1-6,8-9,11-12,15-16H,7H2,(H,20,21)(H,22,23)/t11-,12+,15-,16+/m1/s1. The van der Waals surface area contributed by atoms with Crippen LogP contribution in [-0.4, -0.2) is 22.0 Å². The number of allylic oxidation sites excluding steroid dienone is 2. The van der Waals surface area contributed by atoms with Gasteiger partial charge in [0.05, 0.1) is 18.0 Å². The largest absolute Gasteiger partial charge is 0.481 e. The van der Waals surface area contributed by atoms with Gasteiger partial charge in [-0.1, -0.05) is 12.2 Å². The van der Waals surface area contributed by atoms with Crippen LogP contribution in [0.4, 0.5) is 5.69 Å². The number of nitrogens with zero attached hydrogens (tertiary/aromatic N) is 1. The molecule has 122 valence electrons. The normalized spacial score (nSPS) is 27.3. The lowest BCUT2D eigenvalue weighted by Gasteiger charge is -2.23. The maximum atomic E-state index is 12.6. The van der Waals surface area contributed by atoms with Gasteiger partial charge in [0.1, 0.15) is 0 Å². The highest BCUT2D eigenvalue weighted by Crippen LogP contribution is 2.48. The summed E-state index contributed by atoms with van der Waals surface area (Å²) in [6, 6.07) is 7.19. The minimum Gasteiger partial charge on any atom is -0.481 e. The summed E-state index contributed by atoms with van der Waals surface area (Å²) in [5.74, 6) is -1.63. The molecule has 4 rings (SSSR count). The molecular formula is C18H16N2O4. The van der Waals surface area contributed by atoms with Gasteiger partial charge in [-0.05, 0) is 42.5 Å². The molecule has 0 radical (unpaired) electrons. The first-order chi connectivity index (χ1) is 11.6. The van der Waals surface area contributed by atoms with Crippen molar-refractivity contribution in [3.63, 3.8) is 0 Å². The maximum absolute atomic E-state index is 12.6. The van der Waals surface area contributed by atoms with Crippen LogP contribution in [0.5, 0.6) is 0 Å². The van der Waals surface area contributed by atoms with Crippen LogP contribution >= 0.6 is 0 Å². The van der Waals surface area contributed by atoms with Crippen molar-refractivity contribution in [2.75, 3.05) is 5.32 Å². The minimum atomic E-state index is -0.896. The molecule has 6 nitrogen and oxygen atoms in total. The molecule has 2 bridgehead atoms. The quantitative estimate of drug-likeness (QED) is 0.844. The van der Waals surface area contributed by atoms with Crippen LogP contribution in [-0.2, 0) is 9.59 Å². The maximum Gasteiger partial charge on any atom is 0.307 e. The van der Waals surface area contributed by atoms with E-state index < -0.39 is 17.8 Å². The monoisotopic (exact) mass is 324 g/mol. The van der Waals surface area contributed by atoms with Crippen LogP contribution in [0.2, 0.25) is 0 Å². The van der Waals surface area contributed by atoms with Crippen LogP contribution in [0.15, 0.2) is 53.4 Å². The fourth-order valence-corrected chi connectivity index (χ4v) is 3.82. The van der Waals surface area contributed by atoms with E-state index in [0.717, 1.165) is 12.0 Å². The summed E-state index contributed by atoms with van der Waals surface area (Å²) in [4.78, 5) is 28.0. The van der Waals surface area contributed by atoms with Gasteiger partial charge in [0.25, 0.3) is 0 Å². The Morgan fingerprint density at radius 3 is 2.46 bits per heavy atom. The van der Waals surface area contributed by atoms with E-state index in [0.29, 0.717) is 11.4 Å². The number of carbonyl (C=O) groups excluding carboxylic acids is 1. The lowest BCUT2D eigenvalue weighted by molar-refractivity contribution is -0.146. The van der Waals surface area contributed by atoms with Crippen molar-refractivity contribution in [2.24, 2.45) is 23.7 Å². The van der Waals surface area contributed by atoms with Crippen LogP contribution < -0.4 is 5.32 Å². The van der Waals surface area contributed by atoms with E-state index in [-0.39, 0.29) is 17.7 Å². The number of aromatic nitrogens is 1. The van der Waals surface area contributed by atoms with Crippen molar-refractivity contribution in [3.8, 4) is 11.3 Å². The fourth-order valence-electron chi connectivity index (χ4n) is 3.82. The topological polar surface area (TPSA) is 92.4 Å². The van der Waals surface area contributed by atoms with Gasteiger partial charge in [-0.25, -0.2) is 4.98 Å². The molecule has 4 atom stereocenters. The molecule has 24 heavy (non-hydrogen) atoms. The summed E-state index contributed by atoms with van der Waals surface area (Å²) >= 11 is 0. The van der Waals surface area contributed by atoms with Gasteiger partial charge in [-0.2, -0.15) is 0 Å². The number of fused-ring (bicyclic) bond motifs is 2. The van der Waals surface area contributed by atoms with Gasteiger partial charge in [0, 0.05) is 11.3 Å². The van der Waals surface area contributed by atoms with Crippen molar-refractivity contribution < 1.29 is 19.1 Å². The molecular weight excluding hydrogens is 308 g/mol. The molecule has 1 aromatic carbocycles. The highest BCUT2D eigenvalue weighted by atomic mass is 16.4. The smallest absolute Gasteiger partial charge is 0.307 e. The second-order valence-electron chi connectivity index (χ2n) is 6.27. The fraction of sp³-hybridized carbons (Fsp3) is 0.278. The first-order valence-corrected chi connectivity index (χ1v) is 7.84. The highest BCUT2D eigenvalue weighted by molar-refractivity contribution is 5.96. The molecule has 0 spiro atoms. The molecule has 1 saturated carbocycles. The Hall–Kier alpha value is -2.89. The average Bonchev–Trinajstić information content (AvgIpc) is 3.31. The summed E-state index contributed by atoms with van der Waals surface area (Å²) < 4.78 is 5.22. The average molecular weight is 324 g/mol. The third kappa shape index (κ3) is 2.40. The van der Waals surface area contributed by atoms with Crippen molar-refractivity contribution in [2.45, 2.75) is 6.42 Å². The number of benzene rings is 1. The van der Waals surface area contributed by atoms with E-state index in [1.807, 2.05) is 24.3 Å². The Bertz CT molecular complexity index is 795. The Labute approximate surface area is 138 Å². The lowest BCUT2D eigenvalue weighted by atomic mass is 9.82. The SMILES string of the molecule is O=C(O)[C@@H]1[C@H](C(=O)Nc2ccc(-c3cnco3)cc2)[C@@H]2C=C[C@H]1C2. The zero-order chi connectivity index (χ0) is 16.7. The predicted octanol–water partition coefficient (Wildman–Crippen LogP) is 2.80. The summed E-state index contributed by atoms with van der Waals surface area (Å²) in [6.45, 7) is 0. The summed E-state index contributed by atoms with van der Waals surface area (Å²) in [5.41, 5.74) is 1.50. The molecule has 0 saturated heterocycles. The minimum absolute atomic E-state index is 0.0181. The number of hydrogen-bond donors (Lipinski definition) is 2. The number of nitrogens with one attached hydrogen (secondary N) is 1. The van der Waals surface area contributed by atoms with Gasteiger partial charge in [-0.3, -0.25) is 9.59 Å². The Morgan fingerprint density at radius 2 is 1.83 bits per heavy atom. The molecule has 2 aliphatic rings. The Balaban J connectivity index is 1.50. The summed E-state index contributed by atoms with van der Waals surface area (Å²) in [5, 5.41) is 12.3. The number of carbonyl (C=O) groups is 2. The molecule has 0 unspecified atom stereocenters. The molecule has 2 N–H and O–H groups in total. The van der Waals surface area contributed by atoms with E-state index in [1.165, 1.54) is 6.39 Å². The van der Waals surface area contributed by atoms with E-state index in [1.54, 1.807) is 18.3 Å². The second-order valence-corrected chi connectivity index (χ2v) is 6.27. The molecule has 1 aromatic heterocycles. The third-order valence-corrected chi connectivity index (χ3v) is 4.92. The van der Waals surface area contributed by atoms with Crippen molar-refractivity contribution in [3.05, 3.63) is 49.0 Å². The summed E-state index contributed by atoms with van der Waals surface area (Å²) in [7, 11) is 0. The number of carboxylic acid groups (broad SMARTS) is 1. The predicted molar refractivity (Wildman–Crippen MR) is 85.9 cm³/mol. The van der Waals surface area contributed by atoms with Gasteiger partial charge in [-0.15, -0.1) is 0 Å². The molecule has 2 aliphatic carbocycles. The Morgan fingerprint density at radius 1 is 1.12 bits per heavy atom. The third-order valence-electron chi connectivity index (χ3n) is 4.92. The lowest BCUT2D eigenvalue weighted by Crippen LogP contribution is -2.36. The number of rotatable bonds is 4. The first-order valence-electron chi connectivity index (χ1n) is 7.84. The second kappa shape index (κ2) is 5.63. The van der Waals surface area contributed by atoms with Crippen molar-refractivity contribution in [1.29, 1.82) is 0 Å². The molecule has 0 aliphatic heterocycles. The molecule has 1 amide bonds. The number of oxazole rings is 1. The van der Waals surface area contributed by atoms with E-state index in [4.69, 9.17) is 4.42 Å². The van der Waals surface area contributed by atoms with Crippen molar-refractivity contribution >= 4 is 17.6 Å². The van der Waals surface area contributed by atoms with Crippen LogP contribution in [0.25, 0.3) is 11.3 Å². The Kier molecular flexibility index (Phi) is 3.45. The van der Waals surface area contributed by atoms with Gasteiger partial charge >= 0.3 is 5.97 Å². The number of carboxylic acids is 1. The van der Waals surface area contributed by atoms with Gasteiger partial charge in [0.2, 0.25) is 5.91 Å². The molecule has 2 aromatic rings.